The minimum Gasteiger partial charge on any atom is -0.365 e. The van der Waals surface area contributed by atoms with E-state index in [4.69, 9.17) is 10.1 Å². The molecule has 9 nitrogen and oxygen atoms in total. The molecule has 2 atom stereocenters. The summed E-state index contributed by atoms with van der Waals surface area (Å²) in [5.74, 6) is -2.86. The van der Waals surface area contributed by atoms with Crippen LogP contribution in [0, 0.1) is 12.3 Å². The summed E-state index contributed by atoms with van der Waals surface area (Å²) in [5.41, 5.74) is 2.42. The first-order valence-corrected chi connectivity index (χ1v) is 11.6. The third kappa shape index (κ3) is 5.40. The van der Waals surface area contributed by atoms with E-state index in [0.717, 1.165) is 5.56 Å². The van der Waals surface area contributed by atoms with Crippen LogP contribution in [0.25, 0.3) is 0 Å². The largest absolute Gasteiger partial charge is 0.365 e. The highest BCUT2D eigenvalue weighted by Crippen LogP contribution is 2.42. The van der Waals surface area contributed by atoms with Crippen molar-refractivity contribution in [2.45, 2.75) is 31.3 Å². The number of likely N-dealkylation sites (N-methyl/N-ethyl adjacent to an activating group) is 1. The summed E-state index contributed by atoms with van der Waals surface area (Å²) in [4.78, 5) is 24.2. The molecule has 0 saturated carbocycles. The standard InChI is InChI=1S/C24H31F2N7O2/c1-15-8-16(11-27)19(9-17(15)18-4-5-32(3)13-24(18,25)26)31-21-10-22(30-14-29-21)33-6-7-35-20(12-33)23(34)28-2/h8-11,14,18,20,27H,4-7,12-13H2,1-3H3,(H,28,34)(H,29,30,31). The fourth-order valence-electron chi connectivity index (χ4n) is 4.75. The van der Waals surface area contributed by atoms with Crippen LogP contribution < -0.4 is 15.5 Å². The van der Waals surface area contributed by atoms with Gasteiger partial charge in [0.1, 0.15) is 18.0 Å². The van der Waals surface area contributed by atoms with E-state index in [9.17, 15) is 13.6 Å². The number of carbonyl (C=O) groups is 1. The summed E-state index contributed by atoms with van der Waals surface area (Å²) < 4.78 is 35.4. The van der Waals surface area contributed by atoms with Gasteiger partial charge in [0.05, 0.1) is 25.6 Å². The molecule has 0 bridgehead atoms. The first-order chi connectivity index (χ1) is 16.7. The quantitative estimate of drug-likeness (QED) is 0.538. The Bertz CT molecular complexity index is 1100. The number of benzene rings is 1. The van der Waals surface area contributed by atoms with Gasteiger partial charge in [-0.3, -0.25) is 4.79 Å². The average Bonchev–Trinajstić information content (AvgIpc) is 2.84. The van der Waals surface area contributed by atoms with E-state index < -0.39 is 17.9 Å². The summed E-state index contributed by atoms with van der Waals surface area (Å²) in [6.45, 7) is 3.43. The average molecular weight is 488 g/mol. The van der Waals surface area contributed by atoms with Crippen molar-refractivity contribution in [1.29, 1.82) is 5.41 Å². The Morgan fingerprint density at radius 2 is 2.09 bits per heavy atom. The molecular formula is C24H31F2N7O2. The van der Waals surface area contributed by atoms with Gasteiger partial charge in [-0.1, -0.05) is 0 Å². The molecule has 11 heteroatoms. The summed E-state index contributed by atoms with van der Waals surface area (Å²) in [6, 6.07) is 5.22. The maximum atomic E-state index is 14.9. The number of nitrogens with zero attached hydrogens (tertiary/aromatic N) is 4. The van der Waals surface area contributed by atoms with Gasteiger partial charge in [0, 0.05) is 37.1 Å². The Labute approximate surface area is 203 Å². The fraction of sp³-hybridized carbons (Fsp3) is 0.500. The van der Waals surface area contributed by atoms with Gasteiger partial charge in [-0.05, 0) is 50.2 Å². The lowest BCUT2D eigenvalue weighted by Crippen LogP contribution is -2.49. The van der Waals surface area contributed by atoms with Crippen LogP contribution in [-0.2, 0) is 9.53 Å². The highest BCUT2D eigenvalue weighted by Gasteiger charge is 2.45. The number of amides is 1. The van der Waals surface area contributed by atoms with Gasteiger partial charge in [0.25, 0.3) is 11.8 Å². The molecule has 2 aromatic rings. The maximum absolute atomic E-state index is 14.9. The number of morpholine rings is 1. The van der Waals surface area contributed by atoms with E-state index in [0.29, 0.717) is 61.1 Å². The molecule has 2 aliphatic rings. The summed E-state index contributed by atoms with van der Waals surface area (Å²) >= 11 is 0. The van der Waals surface area contributed by atoms with Gasteiger partial charge in [0.2, 0.25) is 0 Å². The van der Waals surface area contributed by atoms with Crippen molar-refractivity contribution < 1.29 is 18.3 Å². The molecule has 4 rings (SSSR count). The van der Waals surface area contributed by atoms with Crippen molar-refractivity contribution in [3.05, 3.63) is 41.2 Å². The molecule has 2 fully saturated rings. The number of hydrogen-bond donors (Lipinski definition) is 3. The van der Waals surface area contributed by atoms with E-state index in [2.05, 4.69) is 20.6 Å². The van der Waals surface area contributed by atoms with Crippen molar-refractivity contribution in [3.63, 3.8) is 0 Å². The second-order valence-corrected chi connectivity index (χ2v) is 9.09. The number of aromatic nitrogens is 2. The van der Waals surface area contributed by atoms with Crippen LogP contribution in [0.2, 0.25) is 0 Å². The monoisotopic (exact) mass is 487 g/mol. The molecule has 3 heterocycles. The van der Waals surface area contributed by atoms with Gasteiger partial charge in [0.15, 0.2) is 6.10 Å². The molecule has 2 saturated heterocycles. The number of rotatable bonds is 6. The molecular weight excluding hydrogens is 456 g/mol. The number of anilines is 3. The number of alkyl halides is 2. The normalized spacial score (nSPS) is 22.5. The van der Waals surface area contributed by atoms with Crippen LogP contribution in [0.15, 0.2) is 24.5 Å². The smallest absolute Gasteiger partial charge is 0.267 e. The third-order valence-electron chi connectivity index (χ3n) is 6.60. The predicted molar refractivity (Wildman–Crippen MR) is 130 cm³/mol. The lowest BCUT2D eigenvalue weighted by atomic mass is 9.83. The van der Waals surface area contributed by atoms with E-state index in [1.54, 1.807) is 37.2 Å². The summed E-state index contributed by atoms with van der Waals surface area (Å²) in [5, 5.41) is 13.6. The molecule has 0 aliphatic carbocycles. The van der Waals surface area contributed by atoms with Gasteiger partial charge >= 0.3 is 0 Å². The van der Waals surface area contributed by atoms with Crippen LogP contribution in [-0.4, -0.2) is 85.9 Å². The van der Waals surface area contributed by atoms with Gasteiger partial charge in [-0.15, -0.1) is 0 Å². The molecule has 1 aromatic carbocycles. The Morgan fingerprint density at radius 1 is 1.29 bits per heavy atom. The predicted octanol–water partition coefficient (Wildman–Crippen LogP) is 2.53. The SMILES string of the molecule is CNC(=O)C1CN(c2cc(Nc3cc(C4CCN(C)CC4(F)F)c(C)cc3C=N)ncn2)CCO1. The number of aryl methyl sites for hydroxylation is 1. The fourth-order valence-corrected chi connectivity index (χ4v) is 4.75. The molecule has 35 heavy (non-hydrogen) atoms. The molecule has 3 N–H and O–H groups in total. The van der Waals surface area contributed by atoms with E-state index in [1.165, 1.54) is 12.5 Å². The van der Waals surface area contributed by atoms with E-state index in [1.807, 2.05) is 11.8 Å². The Kier molecular flexibility index (Phi) is 7.27. The highest BCUT2D eigenvalue weighted by molar-refractivity contribution is 5.88. The van der Waals surface area contributed by atoms with Gasteiger partial charge in [-0.2, -0.15) is 0 Å². The number of hydrogen-bond acceptors (Lipinski definition) is 8. The zero-order valence-electron chi connectivity index (χ0n) is 20.1. The van der Waals surface area contributed by atoms with Gasteiger partial charge < -0.3 is 30.6 Å². The first kappa shape index (κ1) is 24.9. The zero-order valence-corrected chi connectivity index (χ0v) is 20.1. The van der Waals surface area contributed by atoms with Gasteiger partial charge in [-0.25, -0.2) is 18.7 Å². The number of piperidine rings is 1. The Hall–Kier alpha value is -3.18. The lowest BCUT2D eigenvalue weighted by Gasteiger charge is -2.37. The molecule has 1 aromatic heterocycles. The number of carbonyl (C=O) groups excluding carboxylic acids is 1. The topological polar surface area (TPSA) is 106 Å². The molecule has 0 radical (unpaired) electrons. The van der Waals surface area contributed by atoms with Crippen LogP contribution in [0.1, 0.15) is 29.0 Å². The van der Waals surface area contributed by atoms with E-state index >= 15 is 0 Å². The van der Waals surface area contributed by atoms with Crippen molar-refractivity contribution >= 4 is 29.4 Å². The molecule has 0 spiro atoms. The zero-order chi connectivity index (χ0) is 25.2. The van der Waals surface area contributed by atoms with Crippen molar-refractivity contribution in [2.75, 3.05) is 57.1 Å². The molecule has 2 unspecified atom stereocenters. The number of halogens is 2. The Morgan fingerprint density at radius 3 is 2.80 bits per heavy atom. The third-order valence-corrected chi connectivity index (χ3v) is 6.60. The first-order valence-electron chi connectivity index (χ1n) is 11.6. The van der Waals surface area contributed by atoms with E-state index in [-0.39, 0.29) is 12.5 Å². The van der Waals surface area contributed by atoms with Crippen LogP contribution >= 0.6 is 0 Å². The lowest BCUT2D eigenvalue weighted by molar-refractivity contribution is -0.132. The minimum absolute atomic E-state index is 0.198. The molecule has 1 amide bonds. The van der Waals surface area contributed by atoms with Crippen molar-refractivity contribution in [1.82, 2.24) is 20.2 Å². The van der Waals surface area contributed by atoms with Crippen molar-refractivity contribution in [3.8, 4) is 0 Å². The second-order valence-electron chi connectivity index (χ2n) is 9.09. The number of nitrogens with one attached hydrogen (secondary N) is 3. The van der Waals surface area contributed by atoms with Crippen LogP contribution in [0.5, 0.6) is 0 Å². The molecule has 2 aliphatic heterocycles. The highest BCUT2D eigenvalue weighted by atomic mass is 19.3. The second kappa shape index (κ2) is 10.2. The van der Waals surface area contributed by atoms with Crippen molar-refractivity contribution in [2.24, 2.45) is 0 Å². The summed E-state index contributed by atoms with van der Waals surface area (Å²) in [7, 11) is 3.27. The minimum atomic E-state index is -2.85. The maximum Gasteiger partial charge on any atom is 0.267 e. The van der Waals surface area contributed by atoms with Crippen LogP contribution in [0.4, 0.5) is 26.1 Å². The van der Waals surface area contributed by atoms with Crippen LogP contribution in [0.3, 0.4) is 0 Å². The molecule has 188 valence electrons. The summed E-state index contributed by atoms with van der Waals surface area (Å²) in [6.07, 6.45) is 2.37. The Balaban J connectivity index is 1.60. The number of likely N-dealkylation sites (tertiary alicyclic amines) is 1. The number of ether oxygens (including phenoxy) is 1.